The number of nitrogens with zero attached hydrogens (tertiary/aromatic N) is 4. The zero-order chi connectivity index (χ0) is 17.1. The molecule has 2 fully saturated rings. The van der Waals surface area contributed by atoms with E-state index in [2.05, 4.69) is 23.9 Å². The monoisotopic (exact) mass is 327 g/mol. The first kappa shape index (κ1) is 15.1. The van der Waals surface area contributed by atoms with Crippen LogP contribution in [-0.2, 0) is 0 Å². The van der Waals surface area contributed by atoms with Crippen LogP contribution in [0.15, 0.2) is 18.5 Å². The Morgan fingerprint density at radius 3 is 2.71 bits per heavy atom. The molecule has 1 atom stereocenters. The van der Waals surface area contributed by atoms with Crippen molar-refractivity contribution >= 4 is 17.5 Å². The van der Waals surface area contributed by atoms with Gasteiger partial charge in [0.2, 0.25) is 0 Å². The van der Waals surface area contributed by atoms with Crippen LogP contribution in [0.25, 0.3) is 5.65 Å². The molecule has 1 aliphatic heterocycles. The summed E-state index contributed by atoms with van der Waals surface area (Å²) < 4.78 is 1.42. The van der Waals surface area contributed by atoms with Gasteiger partial charge in [-0.3, -0.25) is 9.59 Å². The molecule has 2 aromatic rings. The van der Waals surface area contributed by atoms with Gasteiger partial charge in [0, 0.05) is 24.2 Å². The van der Waals surface area contributed by atoms with Gasteiger partial charge in [0.1, 0.15) is 11.3 Å². The molecule has 2 aromatic heterocycles. The van der Waals surface area contributed by atoms with Gasteiger partial charge in [-0.25, -0.2) is 9.50 Å². The number of carbonyl (C=O) groups is 2. The van der Waals surface area contributed by atoms with E-state index in [1.165, 1.54) is 36.2 Å². The first-order valence-electron chi connectivity index (χ1n) is 8.38. The van der Waals surface area contributed by atoms with Gasteiger partial charge in [-0.15, -0.1) is 0 Å². The quantitative estimate of drug-likeness (QED) is 0.924. The van der Waals surface area contributed by atoms with E-state index in [-0.39, 0.29) is 17.5 Å². The molecule has 3 heterocycles. The highest BCUT2D eigenvalue weighted by molar-refractivity contribution is 6.00. The molecular formula is C17H21N5O2. The maximum atomic E-state index is 13.1. The van der Waals surface area contributed by atoms with E-state index in [9.17, 15) is 9.59 Å². The number of hydrogen-bond acceptors (Lipinski definition) is 4. The molecule has 1 spiro atoms. The van der Waals surface area contributed by atoms with E-state index in [1.807, 2.05) is 4.90 Å². The fourth-order valence-corrected chi connectivity index (χ4v) is 4.47. The third-order valence-corrected chi connectivity index (χ3v) is 5.58. The Morgan fingerprint density at radius 2 is 2.12 bits per heavy atom. The van der Waals surface area contributed by atoms with Gasteiger partial charge in [0.25, 0.3) is 11.8 Å². The van der Waals surface area contributed by atoms with Crippen LogP contribution in [0, 0.1) is 11.3 Å². The van der Waals surface area contributed by atoms with E-state index in [1.54, 1.807) is 6.07 Å². The number of carbonyl (C=O) groups excluding carboxylic acids is 2. The first-order chi connectivity index (χ1) is 11.4. The average molecular weight is 327 g/mol. The van der Waals surface area contributed by atoms with Crippen molar-refractivity contribution in [2.45, 2.75) is 39.2 Å². The van der Waals surface area contributed by atoms with Gasteiger partial charge in [-0.05, 0) is 24.8 Å². The van der Waals surface area contributed by atoms with Gasteiger partial charge in [-0.2, -0.15) is 5.10 Å². The lowest BCUT2D eigenvalue weighted by Crippen LogP contribution is -2.70. The fraction of sp³-hybridized carbons (Fsp3) is 0.529. The van der Waals surface area contributed by atoms with Crippen LogP contribution >= 0.6 is 0 Å². The van der Waals surface area contributed by atoms with Crippen LogP contribution in [0.2, 0.25) is 0 Å². The Bertz CT molecular complexity index is 837. The minimum atomic E-state index is -0.598. The Morgan fingerprint density at radius 1 is 1.38 bits per heavy atom. The number of hydrogen-bond donors (Lipinski definition) is 1. The number of amides is 2. The lowest BCUT2D eigenvalue weighted by molar-refractivity contribution is -0.121. The van der Waals surface area contributed by atoms with Crippen molar-refractivity contribution in [2.24, 2.45) is 17.1 Å². The molecule has 0 unspecified atom stereocenters. The Labute approximate surface area is 139 Å². The Balaban J connectivity index is 1.70. The summed E-state index contributed by atoms with van der Waals surface area (Å²) >= 11 is 0. The maximum Gasteiger partial charge on any atom is 0.272 e. The molecule has 1 saturated carbocycles. The average Bonchev–Trinajstić information content (AvgIpc) is 2.87. The predicted molar refractivity (Wildman–Crippen MR) is 87.5 cm³/mol. The fourth-order valence-electron chi connectivity index (χ4n) is 4.47. The lowest BCUT2D eigenvalue weighted by atomic mass is 9.55. The van der Waals surface area contributed by atoms with Crippen LogP contribution in [0.3, 0.4) is 0 Å². The molecule has 7 nitrogen and oxygen atoms in total. The zero-order valence-electron chi connectivity index (χ0n) is 13.9. The standard InChI is InChI=1S/C17H21N5O2/c1-10(2)13-17(5-3-6-17)9-21(13)16(24)12-4-7-19-15-11(14(18)23)8-20-22(12)15/h4,7-8,10,13H,3,5-6,9H2,1-2H3,(H2,18,23)/t13-/m0/s1. The summed E-state index contributed by atoms with van der Waals surface area (Å²) in [6.45, 7) is 5.15. The van der Waals surface area contributed by atoms with Crippen molar-refractivity contribution in [3.05, 3.63) is 29.7 Å². The third kappa shape index (κ3) is 1.90. The molecule has 0 aromatic carbocycles. The number of aromatic nitrogens is 3. The Kier molecular flexibility index (Phi) is 3.16. The smallest absolute Gasteiger partial charge is 0.272 e. The van der Waals surface area contributed by atoms with Crippen LogP contribution < -0.4 is 5.73 Å². The molecule has 0 bridgehead atoms. The highest BCUT2D eigenvalue weighted by Crippen LogP contribution is 2.55. The number of rotatable bonds is 3. The molecule has 1 saturated heterocycles. The van der Waals surface area contributed by atoms with Crippen molar-refractivity contribution in [1.29, 1.82) is 0 Å². The van der Waals surface area contributed by atoms with Crippen LogP contribution in [0.5, 0.6) is 0 Å². The van der Waals surface area contributed by atoms with Crippen molar-refractivity contribution in [2.75, 3.05) is 6.54 Å². The number of likely N-dealkylation sites (tertiary alicyclic amines) is 1. The summed E-state index contributed by atoms with van der Waals surface area (Å²) in [4.78, 5) is 30.6. The SMILES string of the molecule is CC(C)[C@@H]1N(C(=O)c2ccnc3c(C(N)=O)cnn23)CC12CCC2. The van der Waals surface area contributed by atoms with Gasteiger partial charge in [-0.1, -0.05) is 20.3 Å². The summed E-state index contributed by atoms with van der Waals surface area (Å²) in [6, 6.07) is 1.92. The summed E-state index contributed by atoms with van der Waals surface area (Å²) in [5.74, 6) is -0.239. The summed E-state index contributed by atoms with van der Waals surface area (Å²) in [5, 5.41) is 4.15. The van der Waals surface area contributed by atoms with E-state index >= 15 is 0 Å². The van der Waals surface area contributed by atoms with Crippen LogP contribution in [0.1, 0.15) is 54.0 Å². The van der Waals surface area contributed by atoms with Crippen molar-refractivity contribution in [1.82, 2.24) is 19.5 Å². The molecule has 0 radical (unpaired) electrons. The number of nitrogens with two attached hydrogens (primary N) is 1. The summed E-state index contributed by atoms with van der Waals surface area (Å²) in [6.07, 6.45) is 6.56. The van der Waals surface area contributed by atoms with Gasteiger partial charge in [0.05, 0.1) is 6.20 Å². The van der Waals surface area contributed by atoms with Crippen LogP contribution in [0.4, 0.5) is 0 Å². The minimum absolute atomic E-state index is 0.0576. The van der Waals surface area contributed by atoms with Gasteiger partial charge < -0.3 is 10.6 Å². The minimum Gasteiger partial charge on any atom is -0.365 e. The third-order valence-electron chi connectivity index (χ3n) is 5.58. The van der Waals surface area contributed by atoms with Crippen LogP contribution in [-0.4, -0.2) is 43.9 Å². The predicted octanol–water partition coefficient (Wildman–Crippen LogP) is 1.48. The molecule has 24 heavy (non-hydrogen) atoms. The Hall–Kier alpha value is -2.44. The summed E-state index contributed by atoms with van der Waals surface area (Å²) in [5.41, 5.74) is 6.64. The zero-order valence-corrected chi connectivity index (χ0v) is 13.9. The van der Waals surface area contributed by atoms with Gasteiger partial charge in [0.15, 0.2) is 5.65 Å². The molecule has 2 N–H and O–H groups in total. The topological polar surface area (TPSA) is 93.6 Å². The molecule has 7 heteroatoms. The molecule has 4 rings (SSSR count). The second kappa shape index (κ2) is 5.03. The van der Waals surface area contributed by atoms with Gasteiger partial charge >= 0.3 is 0 Å². The molecule has 1 aliphatic carbocycles. The van der Waals surface area contributed by atoms with Crippen molar-refractivity contribution < 1.29 is 9.59 Å². The molecule has 2 aliphatic rings. The molecular weight excluding hydrogens is 306 g/mol. The molecule has 2 amide bonds. The second-order valence-electron chi connectivity index (χ2n) is 7.33. The van der Waals surface area contributed by atoms with Crippen molar-refractivity contribution in [3.8, 4) is 0 Å². The summed E-state index contributed by atoms with van der Waals surface area (Å²) in [7, 11) is 0. The highest BCUT2D eigenvalue weighted by Gasteiger charge is 2.58. The second-order valence-corrected chi connectivity index (χ2v) is 7.33. The number of primary amides is 1. The molecule has 126 valence electrons. The maximum absolute atomic E-state index is 13.1. The van der Waals surface area contributed by atoms with E-state index in [0.717, 1.165) is 6.54 Å². The van der Waals surface area contributed by atoms with E-state index in [4.69, 9.17) is 5.73 Å². The van der Waals surface area contributed by atoms with E-state index < -0.39 is 5.91 Å². The lowest BCUT2D eigenvalue weighted by Gasteiger charge is -2.64. The number of fused-ring (bicyclic) bond motifs is 1. The highest BCUT2D eigenvalue weighted by atomic mass is 16.2. The first-order valence-corrected chi connectivity index (χ1v) is 8.38. The largest absolute Gasteiger partial charge is 0.365 e. The van der Waals surface area contributed by atoms with Crippen molar-refractivity contribution in [3.63, 3.8) is 0 Å². The van der Waals surface area contributed by atoms with E-state index in [0.29, 0.717) is 22.7 Å². The normalized spacial score (nSPS) is 21.8.